The van der Waals surface area contributed by atoms with Gasteiger partial charge in [0.1, 0.15) is 5.82 Å². The quantitative estimate of drug-likeness (QED) is 0.802. The summed E-state index contributed by atoms with van der Waals surface area (Å²) in [6.07, 6.45) is 8.32. The number of imidazole rings is 1. The lowest BCUT2D eigenvalue weighted by Crippen LogP contribution is -2.08. The molecule has 1 N–H and O–H groups in total. The lowest BCUT2D eigenvalue weighted by molar-refractivity contribution is 0.826. The Labute approximate surface area is 121 Å². The molecule has 0 saturated carbocycles. The van der Waals surface area contributed by atoms with Gasteiger partial charge in [-0.25, -0.2) is 14.6 Å². The average molecular weight is 291 g/mol. The van der Waals surface area contributed by atoms with Gasteiger partial charge in [0, 0.05) is 18.9 Å². The molecule has 0 aromatic carbocycles. The predicted molar refractivity (Wildman–Crippen MR) is 78.6 cm³/mol. The molecule has 0 atom stereocenters. The third-order valence-electron chi connectivity index (χ3n) is 2.97. The fraction of sp³-hybridized carbons (Fsp3) is 0.308. The van der Waals surface area contributed by atoms with Crippen LogP contribution in [0, 0.1) is 6.92 Å². The van der Waals surface area contributed by atoms with Crippen molar-refractivity contribution in [2.24, 2.45) is 0 Å². The molecular weight excluding hydrogens is 276 g/mol. The molecule has 3 aromatic rings. The normalized spacial score (nSPS) is 11.2. The molecule has 3 rings (SSSR count). The molecule has 0 radical (unpaired) electrons. The van der Waals surface area contributed by atoms with Gasteiger partial charge in [-0.05, 0) is 13.3 Å². The van der Waals surface area contributed by atoms with E-state index in [1.807, 2.05) is 23.7 Å². The Bertz CT molecular complexity index is 725. The first kappa shape index (κ1) is 12.9. The summed E-state index contributed by atoms with van der Waals surface area (Å²) in [7, 11) is 0. The van der Waals surface area contributed by atoms with Crippen LogP contribution in [0.4, 0.5) is 5.82 Å². The Kier molecular flexibility index (Phi) is 3.31. The fourth-order valence-electron chi connectivity index (χ4n) is 1.95. The van der Waals surface area contributed by atoms with Gasteiger partial charge in [-0.15, -0.1) is 0 Å². The van der Waals surface area contributed by atoms with Crippen LogP contribution < -0.4 is 5.32 Å². The van der Waals surface area contributed by atoms with E-state index in [-0.39, 0.29) is 0 Å². The van der Waals surface area contributed by atoms with Crippen LogP contribution in [-0.4, -0.2) is 30.7 Å². The number of nitrogens with one attached hydrogen (secondary N) is 1. The van der Waals surface area contributed by atoms with Crippen LogP contribution in [0.2, 0.25) is 5.02 Å². The number of hydrogen-bond acceptors (Lipinski definition) is 4. The molecule has 7 heteroatoms. The van der Waals surface area contributed by atoms with Gasteiger partial charge in [0.2, 0.25) is 0 Å². The van der Waals surface area contributed by atoms with Crippen molar-refractivity contribution >= 4 is 23.1 Å². The molecule has 3 aromatic heterocycles. The van der Waals surface area contributed by atoms with Gasteiger partial charge in [-0.2, -0.15) is 5.10 Å². The average Bonchev–Trinajstić information content (AvgIpc) is 3.03. The van der Waals surface area contributed by atoms with Crippen LogP contribution in [0.15, 0.2) is 24.8 Å². The molecule has 0 aliphatic rings. The maximum atomic E-state index is 6.07. The van der Waals surface area contributed by atoms with E-state index in [4.69, 9.17) is 11.6 Å². The molecule has 20 heavy (non-hydrogen) atoms. The van der Waals surface area contributed by atoms with Crippen LogP contribution in [-0.2, 0) is 0 Å². The Balaban J connectivity index is 2.14. The summed E-state index contributed by atoms with van der Waals surface area (Å²) in [5.41, 5.74) is 1.51. The Morgan fingerprint density at radius 3 is 2.90 bits per heavy atom. The number of fused-ring (bicyclic) bond motifs is 1. The number of anilines is 1. The largest absolute Gasteiger partial charge is 0.369 e. The van der Waals surface area contributed by atoms with Gasteiger partial charge in [0.05, 0.1) is 23.1 Å². The van der Waals surface area contributed by atoms with Crippen LogP contribution in [0.1, 0.15) is 19.0 Å². The second-order valence-corrected chi connectivity index (χ2v) is 4.95. The first-order valence-electron chi connectivity index (χ1n) is 6.48. The van der Waals surface area contributed by atoms with Gasteiger partial charge < -0.3 is 9.72 Å². The van der Waals surface area contributed by atoms with Gasteiger partial charge >= 0.3 is 0 Å². The summed E-state index contributed by atoms with van der Waals surface area (Å²) in [4.78, 5) is 8.91. The highest BCUT2D eigenvalue weighted by molar-refractivity contribution is 6.31. The van der Waals surface area contributed by atoms with E-state index in [0.29, 0.717) is 10.8 Å². The zero-order valence-electron chi connectivity index (χ0n) is 11.3. The number of hydrogen-bond donors (Lipinski definition) is 1. The minimum atomic E-state index is 0.614. The van der Waals surface area contributed by atoms with Gasteiger partial charge in [-0.1, -0.05) is 18.5 Å². The summed E-state index contributed by atoms with van der Waals surface area (Å²) >= 11 is 6.07. The van der Waals surface area contributed by atoms with E-state index in [2.05, 4.69) is 27.3 Å². The second-order valence-electron chi connectivity index (χ2n) is 4.54. The zero-order valence-corrected chi connectivity index (χ0v) is 12.1. The lowest BCUT2D eigenvalue weighted by atomic mass is 10.4. The highest BCUT2D eigenvalue weighted by Gasteiger charge is 2.12. The number of rotatable bonds is 4. The third kappa shape index (κ3) is 2.22. The topological polar surface area (TPSA) is 60.0 Å². The molecular formula is C13H15ClN6. The zero-order chi connectivity index (χ0) is 14.1. The molecule has 0 amide bonds. The van der Waals surface area contributed by atoms with Crippen molar-refractivity contribution in [2.75, 3.05) is 11.9 Å². The van der Waals surface area contributed by atoms with Crippen molar-refractivity contribution in [2.45, 2.75) is 20.3 Å². The Morgan fingerprint density at radius 1 is 1.35 bits per heavy atom. The predicted octanol–water partition coefficient (Wildman–Crippen LogP) is 2.70. The van der Waals surface area contributed by atoms with Crippen molar-refractivity contribution in [1.29, 1.82) is 0 Å². The summed E-state index contributed by atoms with van der Waals surface area (Å²) in [5.74, 6) is 1.45. The van der Waals surface area contributed by atoms with Crippen molar-refractivity contribution in [3.8, 4) is 5.82 Å². The smallest absolute Gasteiger partial charge is 0.199 e. The lowest BCUT2D eigenvalue weighted by Gasteiger charge is -2.08. The highest BCUT2D eigenvalue weighted by Crippen LogP contribution is 2.19. The number of halogens is 1. The standard InChI is InChI=1S/C13H15ClN6/c1-3-4-15-11-8-19-6-5-16-12(19)13(17-11)20-7-10(14)9(2)18-20/h5-8,15H,3-4H2,1-2H3. The Morgan fingerprint density at radius 2 is 2.20 bits per heavy atom. The molecule has 0 spiro atoms. The maximum absolute atomic E-state index is 6.07. The molecule has 6 nitrogen and oxygen atoms in total. The van der Waals surface area contributed by atoms with E-state index >= 15 is 0 Å². The third-order valence-corrected chi connectivity index (χ3v) is 3.34. The second kappa shape index (κ2) is 5.13. The summed E-state index contributed by atoms with van der Waals surface area (Å²) in [5, 5.41) is 8.26. The van der Waals surface area contributed by atoms with Gasteiger partial charge in [-0.3, -0.25) is 0 Å². The van der Waals surface area contributed by atoms with E-state index in [1.165, 1.54) is 0 Å². The molecule has 0 saturated heterocycles. The molecule has 104 valence electrons. The monoisotopic (exact) mass is 290 g/mol. The van der Waals surface area contributed by atoms with Crippen molar-refractivity contribution in [3.05, 3.63) is 35.5 Å². The number of nitrogens with zero attached hydrogens (tertiary/aromatic N) is 5. The van der Waals surface area contributed by atoms with Crippen LogP contribution in [0.3, 0.4) is 0 Å². The van der Waals surface area contributed by atoms with E-state index in [1.54, 1.807) is 17.1 Å². The summed E-state index contributed by atoms with van der Waals surface area (Å²) < 4.78 is 3.59. The molecule has 0 bridgehead atoms. The molecule has 0 unspecified atom stereocenters. The first-order valence-corrected chi connectivity index (χ1v) is 6.86. The molecule has 3 heterocycles. The highest BCUT2D eigenvalue weighted by atomic mass is 35.5. The van der Waals surface area contributed by atoms with Crippen LogP contribution >= 0.6 is 11.6 Å². The van der Waals surface area contributed by atoms with Crippen molar-refractivity contribution < 1.29 is 0 Å². The number of aromatic nitrogens is 5. The maximum Gasteiger partial charge on any atom is 0.199 e. The molecule has 0 fully saturated rings. The summed E-state index contributed by atoms with van der Waals surface area (Å²) in [6, 6.07) is 0. The number of aryl methyl sites for hydroxylation is 1. The van der Waals surface area contributed by atoms with Gasteiger partial charge in [0.25, 0.3) is 0 Å². The van der Waals surface area contributed by atoms with E-state index in [9.17, 15) is 0 Å². The minimum Gasteiger partial charge on any atom is -0.369 e. The van der Waals surface area contributed by atoms with E-state index < -0.39 is 0 Å². The minimum absolute atomic E-state index is 0.614. The first-order chi connectivity index (χ1) is 9.69. The van der Waals surface area contributed by atoms with Crippen LogP contribution in [0.5, 0.6) is 0 Å². The van der Waals surface area contributed by atoms with E-state index in [0.717, 1.165) is 30.1 Å². The Hall–Kier alpha value is -2.08. The summed E-state index contributed by atoms with van der Waals surface area (Å²) in [6.45, 7) is 4.84. The van der Waals surface area contributed by atoms with Gasteiger partial charge in [0.15, 0.2) is 11.5 Å². The SMILES string of the molecule is CCCNc1cn2ccnc2c(-n2cc(Cl)c(C)n2)n1. The van der Waals surface area contributed by atoms with Crippen molar-refractivity contribution in [1.82, 2.24) is 24.1 Å². The fourth-order valence-corrected chi connectivity index (χ4v) is 2.08. The van der Waals surface area contributed by atoms with Crippen molar-refractivity contribution in [3.63, 3.8) is 0 Å². The molecule has 0 aliphatic heterocycles. The molecule has 0 aliphatic carbocycles. The van der Waals surface area contributed by atoms with Crippen LogP contribution in [0.25, 0.3) is 11.5 Å².